The molecule has 27 heavy (non-hydrogen) atoms. The molecule has 0 saturated heterocycles. The summed E-state index contributed by atoms with van der Waals surface area (Å²) in [6.07, 6.45) is 5.41. The fourth-order valence-corrected chi connectivity index (χ4v) is 3.32. The van der Waals surface area contributed by atoms with Crippen LogP contribution in [0.1, 0.15) is 17.4 Å². The monoisotopic (exact) mass is 364 g/mol. The van der Waals surface area contributed by atoms with Gasteiger partial charge in [0.05, 0.1) is 19.3 Å². The van der Waals surface area contributed by atoms with Gasteiger partial charge in [0.15, 0.2) is 11.6 Å². The van der Waals surface area contributed by atoms with Crippen molar-refractivity contribution in [3.05, 3.63) is 60.3 Å². The Morgan fingerprint density at radius 3 is 2.78 bits per heavy atom. The molecule has 0 bridgehead atoms. The number of amides is 1. The van der Waals surface area contributed by atoms with Gasteiger partial charge in [-0.15, -0.1) is 10.2 Å². The number of fused-ring (bicyclic) bond motifs is 1. The van der Waals surface area contributed by atoms with E-state index in [1.54, 1.807) is 30.6 Å². The minimum atomic E-state index is -0.431. The Bertz CT molecular complexity index is 912. The van der Waals surface area contributed by atoms with Crippen LogP contribution in [0.4, 0.5) is 0 Å². The number of ether oxygens (including phenoxy) is 1. The van der Waals surface area contributed by atoms with Crippen molar-refractivity contribution in [2.24, 2.45) is 0 Å². The average molecular weight is 364 g/mol. The van der Waals surface area contributed by atoms with Crippen molar-refractivity contribution in [1.82, 2.24) is 29.6 Å². The first-order chi connectivity index (χ1) is 13.3. The molecule has 138 valence electrons. The third-order valence-electron chi connectivity index (χ3n) is 4.64. The number of aromatic nitrogens is 5. The maximum Gasteiger partial charge on any atom is 0.246 e. The lowest BCUT2D eigenvalue weighted by atomic mass is 10.0. The van der Waals surface area contributed by atoms with Crippen molar-refractivity contribution in [1.29, 1.82) is 0 Å². The van der Waals surface area contributed by atoms with Gasteiger partial charge >= 0.3 is 0 Å². The molecule has 0 spiro atoms. The summed E-state index contributed by atoms with van der Waals surface area (Å²) < 4.78 is 7.06. The smallest absolute Gasteiger partial charge is 0.246 e. The molecule has 3 heterocycles. The first-order valence-corrected chi connectivity index (χ1v) is 8.79. The molecule has 8 heteroatoms. The lowest BCUT2D eigenvalue weighted by Gasteiger charge is -2.33. The maximum absolute atomic E-state index is 13.2. The Morgan fingerprint density at radius 1 is 1.19 bits per heavy atom. The molecule has 3 aromatic rings. The molecule has 1 aliphatic heterocycles. The predicted molar refractivity (Wildman–Crippen MR) is 97.5 cm³/mol. The topological polar surface area (TPSA) is 86.0 Å². The zero-order valence-corrected chi connectivity index (χ0v) is 15.0. The molecule has 8 nitrogen and oxygen atoms in total. The highest BCUT2D eigenvalue weighted by Crippen LogP contribution is 2.29. The largest absolute Gasteiger partial charge is 0.383 e. The maximum atomic E-state index is 13.2. The van der Waals surface area contributed by atoms with Gasteiger partial charge in [-0.25, -0.2) is 4.98 Å². The van der Waals surface area contributed by atoms with Crippen LogP contribution in [0.15, 0.2) is 48.9 Å². The SMILES string of the molecule is COCCN1Cc2nnc(-c3cnccn3)n2[C@H](Cc2ccccc2)C1=O. The van der Waals surface area contributed by atoms with Crippen LogP contribution in [0.5, 0.6) is 0 Å². The number of hydrogen-bond acceptors (Lipinski definition) is 6. The molecule has 1 atom stereocenters. The summed E-state index contributed by atoms with van der Waals surface area (Å²) >= 11 is 0. The number of carbonyl (C=O) groups excluding carboxylic acids is 1. The minimum Gasteiger partial charge on any atom is -0.383 e. The van der Waals surface area contributed by atoms with Gasteiger partial charge in [-0.05, 0) is 5.56 Å². The first kappa shape index (κ1) is 17.3. The fraction of sp³-hybridized carbons (Fsp3) is 0.316. The minimum absolute atomic E-state index is 0.0355. The lowest BCUT2D eigenvalue weighted by Crippen LogP contribution is -2.45. The summed E-state index contributed by atoms with van der Waals surface area (Å²) in [5.41, 5.74) is 1.68. The molecule has 0 unspecified atom stereocenters. The highest BCUT2D eigenvalue weighted by Gasteiger charge is 2.36. The van der Waals surface area contributed by atoms with Crippen molar-refractivity contribution >= 4 is 5.91 Å². The van der Waals surface area contributed by atoms with Gasteiger partial charge in [-0.3, -0.25) is 14.3 Å². The average Bonchev–Trinajstić information content (AvgIpc) is 3.14. The highest BCUT2D eigenvalue weighted by atomic mass is 16.5. The second-order valence-electron chi connectivity index (χ2n) is 6.36. The third-order valence-corrected chi connectivity index (χ3v) is 4.64. The summed E-state index contributed by atoms with van der Waals surface area (Å²) in [5.74, 6) is 1.35. The zero-order chi connectivity index (χ0) is 18.6. The molecule has 0 radical (unpaired) electrons. The molecule has 1 amide bonds. The number of rotatable bonds is 6. The van der Waals surface area contributed by atoms with E-state index in [-0.39, 0.29) is 5.91 Å². The molecule has 1 aromatic carbocycles. The van der Waals surface area contributed by atoms with Crippen molar-refractivity contribution in [2.45, 2.75) is 19.0 Å². The second kappa shape index (κ2) is 7.63. The number of carbonyl (C=O) groups is 1. The lowest BCUT2D eigenvalue weighted by molar-refractivity contribution is -0.138. The normalized spacial score (nSPS) is 16.4. The zero-order valence-electron chi connectivity index (χ0n) is 15.0. The Hall–Kier alpha value is -3.13. The van der Waals surface area contributed by atoms with E-state index in [0.29, 0.717) is 37.6 Å². The van der Waals surface area contributed by atoms with E-state index in [9.17, 15) is 4.79 Å². The van der Waals surface area contributed by atoms with Crippen LogP contribution in [-0.4, -0.2) is 55.8 Å². The molecule has 0 saturated carbocycles. The molecule has 0 fully saturated rings. The standard InChI is InChI=1S/C19H20N6O2/c1-27-10-9-24-13-17-22-23-18(15-12-20-7-8-21-15)25(17)16(19(24)26)11-14-5-3-2-4-6-14/h2-8,12,16H,9-11,13H2,1H3/t16-/m1/s1. The van der Waals surface area contributed by atoms with E-state index in [0.717, 1.165) is 11.4 Å². The fourth-order valence-electron chi connectivity index (χ4n) is 3.32. The summed E-state index contributed by atoms with van der Waals surface area (Å²) in [6, 6.07) is 9.52. The number of nitrogens with zero attached hydrogens (tertiary/aromatic N) is 6. The van der Waals surface area contributed by atoms with E-state index >= 15 is 0 Å². The molecular formula is C19H20N6O2. The van der Waals surface area contributed by atoms with E-state index < -0.39 is 6.04 Å². The first-order valence-electron chi connectivity index (χ1n) is 8.79. The summed E-state index contributed by atoms with van der Waals surface area (Å²) in [7, 11) is 1.63. The van der Waals surface area contributed by atoms with Gasteiger partial charge in [0, 0.05) is 32.5 Å². The molecular weight excluding hydrogens is 344 g/mol. The Kier molecular flexibility index (Phi) is 4.88. The molecule has 2 aromatic heterocycles. The molecule has 0 aliphatic carbocycles. The molecule has 1 aliphatic rings. The van der Waals surface area contributed by atoms with Gasteiger partial charge in [0.1, 0.15) is 11.7 Å². The van der Waals surface area contributed by atoms with Crippen molar-refractivity contribution in [2.75, 3.05) is 20.3 Å². The van der Waals surface area contributed by atoms with E-state index in [1.165, 1.54) is 0 Å². The third kappa shape index (κ3) is 3.43. The van der Waals surface area contributed by atoms with E-state index in [2.05, 4.69) is 20.2 Å². The van der Waals surface area contributed by atoms with Gasteiger partial charge in [0.25, 0.3) is 0 Å². The van der Waals surface area contributed by atoms with Crippen LogP contribution in [0.3, 0.4) is 0 Å². The highest BCUT2D eigenvalue weighted by molar-refractivity contribution is 5.82. The van der Waals surface area contributed by atoms with Crippen molar-refractivity contribution in [3.8, 4) is 11.5 Å². The van der Waals surface area contributed by atoms with Gasteiger partial charge < -0.3 is 9.64 Å². The van der Waals surface area contributed by atoms with E-state index in [4.69, 9.17) is 4.74 Å². The summed E-state index contributed by atoms with van der Waals surface area (Å²) in [6.45, 7) is 1.41. The van der Waals surface area contributed by atoms with Crippen LogP contribution in [-0.2, 0) is 22.5 Å². The van der Waals surface area contributed by atoms with Crippen LogP contribution < -0.4 is 0 Å². The van der Waals surface area contributed by atoms with Crippen LogP contribution in [0, 0.1) is 0 Å². The van der Waals surface area contributed by atoms with Gasteiger partial charge in [0.2, 0.25) is 5.91 Å². The van der Waals surface area contributed by atoms with Gasteiger partial charge in [-0.2, -0.15) is 0 Å². The quantitative estimate of drug-likeness (QED) is 0.659. The predicted octanol–water partition coefficient (Wildman–Crippen LogP) is 1.51. The Morgan fingerprint density at radius 2 is 2.04 bits per heavy atom. The van der Waals surface area contributed by atoms with Gasteiger partial charge in [-0.1, -0.05) is 30.3 Å². The Labute approximate surface area is 156 Å². The molecule has 0 N–H and O–H groups in total. The van der Waals surface area contributed by atoms with Crippen LogP contribution >= 0.6 is 0 Å². The summed E-state index contributed by atoms with van der Waals surface area (Å²) in [4.78, 5) is 23.5. The molecule has 4 rings (SSSR count). The van der Waals surface area contributed by atoms with E-state index in [1.807, 2.05) is 34.9 Å². The Balaban J connectivity index is 1.75. The van der Waals surface area contributed by atoms with Crippen LogP contribution in [0.2, 0.25) is 0 Å². The van der Waals surface area contributed by atoms with Crippen molar-refractivity contribution in [3.63, 3.8) is 0 Å². The summed E-state index contributed by atoms with van der Waals surface area (Å²) in [5, 5.41) is 8.64. The number of benzene rings is 1. The second-order valence-corrected chi connectivity index (χ2v) is 6.36. The number of hydrogen-bond donors (Lipinski definition) is 0. The van der Waals surface area contributed by atoms with Crippen LogP contribution in [0.25, 0.3) is 11.5 Å². The van der Waals surface area contributed by atoms with Crippen molar-refractivity contribution < 1.29 is 9.53 Å². The number of methoxy groups -OCH3 is 1.